The van der Waals surface area contributed by atoms with Gasteiger partial charge in [-0.3, -0.25) is 4.79 Å². The number of ether oxygens (including phenoxy) is 1. The topological polar surface area (TPSA) is 29.5 Å². The Bertz CT molecular complexity index is 411. The lowest BCUT2D eigenvalue weighted by Crippen LogP contribution is -2.25. The molecular formula is C11H10INO2. The van der Waals surface area contributed by atoms with Crippen LogP contribution in [0, 0.1) is 3.57 Å². The molecule has 1 aromatic carbocycles. The number of carbonyl (C=O) groups excluding carboxylic acids is 1. The summed E-state index contributed by atoms with van der Waals surface area (Å²) in [5, 5.41) is 0. The first-order valence-corrected chi connectivity index (χ1v) is 5.60. The molecule has 1 aromatic rings. The summed E-state index contributed by atoms with van der Waals surface area (Å²) >= 11 is 2.24. The second kappa shape index (κ2) is 4.22. The Morgan fingerprint density at radius 3 is 2.53 bits per heavy atom. The highest BCUT2D eigenvalue weighted by atomic mass is 127. The molecule has 0 aliphatic carbocycles. The number of hydrogen-bond acceptors (Lipinski definition) is 2. The van der Waals surface area contributed by atoms with Gasteiger partial charge in [-0.25, -0.2) is 0 Å². The van der Waals surface area contributed by atoms with Crippen molar-refractivity contribution in [3.05, 3.63) is 39.7 Å². The molecular weight excluding hydrogens is 305 g/mol. The lowest BCUT2D eigenvalue weighted by Gasteiger charge is -2.16. The van der Waals surface area contributed by atoms with Gasteiger partial charge in [0, 0.05) is 15.3 Å². The van der Waals surface area contributed by atoms with Gasteiger partial charge >= 0.3 is 0 Å². The van der Waals surface area contributed by atoms with Crippen molar-refractivity contribution < 1.29 is 9.53 Å². The van der Waals surface area contributed by atoms with Crippen LogP contribution in [-0.4, -0.2) is 19.6 Å². The van der Waals surface area contributed by atoms with Crippen LogP contribution in [0.5, 0.6) is 0 Å². The quantitative estimate of drug-likeness (QED) is 0.783. The van der Waals surface area contributed by atoms with E-state index in [-0.39, 0.29) is 5.91 Å². The Balaban J connectivity index is 2.21. The number of anilines is 1. The summed E-state index contributed by atoms with van der Waals surface area (Å²) in [4.78, 5) is 13.3. The standard InChI is InChI=1S/C11H10INO2/c1-15-10-6-11(14)13(7-10)9-4-2-8(12)3-5-9/h2-6H,7H2,1H3. The van der Waals surface area contributed by atoms with Gasteiger partial charge in [0.25, 0.3) is 5.91 Å². The van der Waals surface area contributed by atoms with Crippen molar-refractivity contribution in [1.82, 2.24) is 0 Å². The molecule has 0 saturated carbocycles. The van der Waals surface area contributed by atoms with Crippen molar-refractivity contribution in [2.75, 3.05) is 18.6 Å². The molecule has 0 radical (unpaired) electrons. The van der Waals surface area contributed by atoms with Crippen molar-refractivity contribution in [2.45, 2.75) is 0 Å². The lowest BCUT2D eigenvalue weighted by atomic mass is 10.3. The SMILES string of the molecule is COC1=CC(=O)N(c2ccc(I)cc2)C1. The number of hydrogen-bond donors (Lipinski definition) is 0. The highest BCUT2D eigenvalue weighted by molar-refractivity contribution is 14.1. The van der Waals surface area contributed by atoms with Gasteiger partial charge in [0.2, 0.25) is 0 Å². The van der Waals surface area contributed by atoms with E-state index in [1.807, 2.05) is 24.3 Å². The molecule has 1 aliphatic rings. The maximum Gasteiger partial charge on any atom is 0.254 e. The molecule has 1 aliphatic heterocycles. The molecule has 0 bridgehead atoms. The molecule has 1 amide bonds. The van der Waals surface area contributed by atoms with E-state index in [9.17, 15) is 4.79 Å². The summed E-state index contributed by atoms with van der Waals surface area (Å²) in [7, 11) is 1.58. The Morgan fingerprint density at radius 2 is 2.00 bits per heavy atom. The third-order valence-corrected chi connectivity index (χ3v) is 2.98. The van der Waals surface area contributed by atoms with Crippen molar-refractivity contribution in [2.24, 2.45) is 0 Å². The monoisotopic (exact) mass is 315 g/mol. The van der Waals surface area contributed by atoms with Gasteiger partial charge in [-0.15, -0.1) is 0 Å². The molecule has 0 aromatic heterocycles. The number of nitrogens with zero attached hydrogens (tertiary/aromatic N) is 1. The van der Waals surface area contributed by atoms with Gasteiger partial charge in [0.15, 0.2) is 0 Å². The third kappa shape index (κ3) is 2.14. The second-order valence-corrected chi connectivity index (χ2v) is 4.46. The highest BCUT2D eigenvalue weighted by Gasteiger charge is 2.23. The van der Waals surface area contributed by atoms with Crippen LogP contribution in [0.3, 0.4) is 0 Å². The summed E-state index contributed by atoms with van der Waals surface area (Å²) in [6, 6.07) is 7.83. The van der Waals surface area contributed by atoms with Crippen LogP contribution >= 0.6 is 22.6 Å². The smallest absolute Gasteiger partial charge is 0.254 e. The number of benzene rings is 1. The average Bonchev–Trinajstić information content (AvgIpc) is 2.61. The highest BCUT2D eigenvalue weighted by Crippen LogP contribution is 2.22. The van der Waals surface area contributed by atoms with E-state index in [1.165, 1.54) is 6.08 Å². The number of halogens is 1. The van der Waals surface area contributed by atoms with E-state index in [1.54, 1.807) is 12.0 Å². The van der Waals surface area contributed by atoms with Crippen LogP contribution in [-0.2, 0) is 9.53 Å². The van der Waals surface area contributed by atoms with Gasteiger partial charge in [0.1, 0.15) is 5.76 Å². The molecule has 0 saturated heterocycles. The molecule has 0 spiro atoms. The molecule has 0 atom stereocenters. The minimum Gasteiger partial charge on any atom is -0.499 e. The van der Waals surface area contributed by atoms with Gasteiger partial charge in [-0.1, -0.05) is 0 Å². The Kier molecular flexibility index (Phi) is 2.95. The molecule has 2 rings (SSSR count). The summed E-state index contributed by atoms with van der Waals surface area (Å²) in [6.07, 6.45) is 1.53. The fourth-order valence-corrected chi connectivity index (χ4v) is 1.82. The number of rotatable bonds is 2. The van der Waals surface area contributed by atoms with E-state index < -0.39 is 0 Å². The molecule has 15 heavy (non-hydrogen) atoms. The Hall–Kier alpha value is -1.04. The third-order valence-electron chi connectivity index (χ3n) is 2.26. The van der Waals surface area contributed by atoms with Gasteiger partial charge in [-0.05, 0) is 46.9 Å². The van der Waals surface area contributed by atoms with Gasteiger partial charge in [-0.2, -0.15) is 0 Å². The minimum atomic E-state index is -0.0203. The molecule has 0 N–H and O–H groups in total. The largest absolute Gasteiger partial charge is 0.499 e. The van der Waals surface area contributed by atoms with E-state index in [4.69, 9.17) is 4.74 Å². The van der Waals surface area contributed by atoms with Crippen molar-refractivity contribution in [1.29, 1.82) is 0 Å². The van der Waals surface area contributed by atoms with Crippen LogP contribution in [0.25, 0.3) is 0 Å². The lowest BCUT2D eigenvalue weighted by molar-refractivity contribution is -0.113. The number of methoxy groups -OCH3 is 1. The normalized spacial score (nSPS) is 15.5. The molecule has 0 fully saturated rings. The van der Waals surface area contributed by atoms with E-state index >= 15 is 0 Å². The van der Waals surface area contributed by atoms with Crippen molar-refractivity contribution in [3.63, 3.8) is 0 Å². The molecule has 1 heterocycles. The fourth-order valence-electron chi connectivity index (χ4n) is 1.46. The van der Waals surface area contributed by atoms with Gasteiger partial charge < -0.3 is 9.64 Å². The zero-order valence-corrected chi connectivity index (χ0v) is 10.4. The van der Waals surface area contributed by atoms with Crippen LogP contribution in [0.1, 0.15) is 0 Å². The average molecular weight is 315 g/mol. The zero-order chi connectivity index (χ0) is 10.8. The molecule has 78 valence electrons. The van der Waals surface area contributed by atoms with E-state index in [0.29, 0.717) is 12.3 Å². The van der Waals surface area contributed by atoms with Crippen molar-refractivity contribution in [3.8, 4) is 0 Å². The van der Waals surface area contributed by atoms with Crippen LogP contribution in [0.4, 0.5) is 5.69 Å². The zero-order valence-electron chi connectivity index (χ0n) is 8.24. The first kappa shape index (κ1) is 10.5. The summed E-state index contributed by atoms with van der Waals surface area (Å²) in [6.45, 7) is 0.524. The maximum atomic E-state index is 11.6. The second-order valence-electron chi connectivity index (χ2n) is 3.22. The van der Waals surface area contributed by atoms with Crippen molar-refractivity contribution >= 4 is 34.2 Å². The van der Waals surface area contributed by atoms with Crippen LogP contribution in [0.2, 0.25) is 0 Å². The first-order valence-electron chi connectivity index (χ1n) is 4.52. The molecule has 3 nitrogen and oxygen atoms in total. The minimum absolute atomic E-state index is 0.0203. The summed E-state index contributed by atoms with van der Waals surface area (Å²) < 4.78 is 6.21. The Morgan fingerprint density at radius 1 is 1.33 bits per heavy atom. The number of carbonyl (C=O) groups is 1. The summed E-state index contributed by atoms with van der Waals surface area (Å²) in [5.74, 6) is 0.687. The van der Waals surface area contributed by atoms with E-state index in [2.05, 4.69) is 22.6 Å². The van der Waals surface area contributed by atoms with E-state index in [0.717, 1.165) is 9.26 Å². The summed E-state index contributed by atoms with van der Waals surface area (Å²) in [5.41, 5.74) is 0.906. The van der Waals surface area contributed by atoms with Crippen LogP contribution < -0.4 is 4.90 Å². The number of amides is 1. The first-order chi connectivity index (χ1) is 7.20. The Labute approximate surface area is 102 Å². The molecule has 0 unspecified atom stereocenters. The predicted molar refractivity (Wildman–Crippen MR) is 66.6 cm³/mol. The van der Waals surface area contributed by atoms with Crippen LogP contribution in [0.15, 0.2) is 36.1 Å². The predicted octanol–water partition coefficient (Wildman–Crippen LogP) is 2.17. The van der Waals surface area contributed by atoms with Gasteiger partial charge in [0.05, 0.1) is 13.7 Å². The maximum absolute atomic E-state index is 11.6. The fraction of sp³-hybridized carbons (Fsp3) is 0.182. The molecule has 4 heteroatoms.